The van der Waals surface area contributed by atoms with Crippen LogP contribution in [0.25, 0.3) is 0 Å². The molecule has 0 aromatic heterocycles. The Labute approximate surface area is 148 Å². The van der Waals surface area contributed by atoms with Crippen LogP contribution in [0, 0.1) is 0 Å². The van der Waals surface area contributed by atoms with Crippen LogP contribution in [0.5, 0.6) is 5.75 Å². The summed E-state index contributed by atoms with van der Waals surface area (Å²) in [4.78, 5) is 26.1. The maximum Gasteiger partial charge on any atom is 0.265 e. The quantitative estimate of drug-likeness (QED) is 0.905. The molecule has 0 aliphatic carbocycles. The first-order valence-corrected chi connectivity index (χ1v) is 8.80. The molecule has 0 radical (unpaired) electrons. The lowest BCUT2D eigenvalue weighted by molar-refractivity contribution is -0.125. The number of nitrogens with zero attached hydrogens (tertiary/aromatic N) is 1. The first-order valence-electron chi connectivity index (χ1n) is 8.80. The van der Waals surface area contributed by atoms with Crippen molar-refractivity contribution >= 4 is 17.5 Å². The third kappa shape index (κ3) is 4.12. The molecule has 136 valence electrons. The number of rotatable bonds is 4. The van der Waals surface area contributed by atoms with E-state index in [0.717, 1.165) is 25.0 Å². The summed E-state index contributed by atoms with van der Waals surface area (Å²) in [5.41, 5.74) is 1.70. The van der Waals surface area contributed by atoms with Gasteiger partial charge in [-0.15, -0.1) is 0 Å². The van der Waals surface area contributed by atoms with E-state index in [1.54, 1.807) is 0 Å². The minimum atomic E-state index is -0.203. The molecule has 1 aromatic rings. The molecule has 2 amide bonds. The number of carbonyl (C=O) groups excluding carboxylic acids is 2. The van der Waals surface area contributed by atoms with Crippen molar-refractivity contribution in [3.8, 4) is 5.75 Å². The van der Waals surface area contributed by atoms with Crippen molar-refractivity contribution in [3.05, 3.63) is 23.8 Å². The average Bonchev–Trinajstić information content (AvgIpc) is 3.08. The Morgan fingerprint density at radius 2 is 2.16 bits per heavy atom. The number of anilines is 1. The normalized spacial score (nSPS) is 20.2. The number of benzene rings is 1. The maximum absolute atomic E-state index is 12.3. The second-order valence-corrected chi connectivity index (χ2v) is 7.64. The van der Waals surface area contributed by atoms with E-state index < -0.39 is 0 Å². The van der Waals surface area contributed by atoms with Gasteiger partial charge in [0.2, 0.25) is 5.91 Å². The fourth-order valence-corrected chi connectivity index (χ4v) is 3.07. The van der Waals surface area contributed by atoms with Gasteiger partial charge in [0.1, 0.15) is 12.3 Å². The van der Waals surface area contributed by atoms with E-state index in [2.05, 4.69) is 26.1 Å². The van der Waals surface area contributed by atoms with Crippen LogP contribution in [0.3, 0.4) is 0 Å². The summed E-state index contributed by atoms with van der Waals surface area (Å²) < 4.78 is 11.0. The highest BCUT2D eigenvalue weighted by Gasteiger charge is 2.29. The van der Waals surface area contributed by atoms with E-state index in [1.807, 2.05) is 18.2 Å². The molecule has 2 aliphatic heterocycles. The molecule has 1 atom stereocenters. The molecule has 3 rings (SSSR count). The fraction of sp³-hybridized carbons (Fsp3) is 0.579. The van der Waals surface area contributed by atoms with Gasteiger partial charge in [0.25, 0.3) is 5.91 Å². The average molecular weight is 346 g/mol. The molecule has 0 unspecified atom stereocenters. The smallest absolute Gasteiger partial charge is 0.265 e. The fourth-order valence-electron chi connectivity index (χ4n) is 3.07. The third-order valence-corrected chi connectivity index (χ3v) is 4.62. The van der Waals surface area contributed by atoms with Gasteiger partial charge in [-0.05, 0) is 36.0 Å². The molecule has 6 nitrogen and oxygen atoms in total. The lowest BCUT2D eigenvalue weighted by atomic mass is 9.86. The standard InChI is InChI=1S/C19H26N2O4/c1-19(2,3)13-6-7-16-15(9-13)21(18(23)12-25-16)11-17(22)20-10-14-5-4-8-24-14/h6-7,9,14H,4-5,8,10-12H2,1-3H3,(H,20,22)/t14-/m1/s1. The van der Waals surface area contributed by atoms with E-state index >= 15 is 0 Å². The van der Waals surface area contributed by atoms with Gasteiger partial charge in [0, 0.05) is 13.2 Å². The molecule has 1 fully saturated rings. The van der Waals surface area contributed by atoms with Gasteiger partial charge >= 0.3 is 0 Å². The van der Waals surface area contributed by atoms with Crippen LogP contribution in [0.15, 0.2) is 18.2 Å². The van der Waals surface area contributed by atoms with E-state index in [4.69, 9.17) is 9.47 Å². The number of carbonyl (C=O) groups is 2. The van der Waals surface area contributed by atoms with Gasteiger partial charge < -0.3 is 14.8 Å². The highest BCUT2D eigenvalue weighted by molar-refractivity contribution is 6.02. The summed E-state index contributed by atoms with van der Waals surface area (Å²) in [7, 11) is 0. The minimum absolute atomic E-state index is 0.00445. The van der Waals surface area contributed by atoms with Crippen molar-refractivity contribution < 1.29 is 19.1 Å². The number of fused-ring (bicyclic) bond motifs is 1. The van der Waals surface area contributed by atoms with Crippen molar-refractivity contribution in [2.75, 3.05) is 31.2 Å². The summed E-state index contributed by atoms with van der Waals surface area (Å²) in [6.45, 7) is 7.53. The summed E-state index contributed by atoms with van der Waals surface area (Å²) in [5, 5.41) is 2.87. The Hall–Kier alpha value is -2.08. The predicted octanol–water partition coefficient (Wildman–Crippen LogP) is 2.00. The summed E-state index contributed by atoms with van der Waals surface area (Å²) in [6, 6.07) is 5.82. The Morgan fingerprint density at radius 3 is 2.84 bits per heavy atom. The predicted molar refractivity (Wildman–Crippen MR) is 95.0 cm³/mol. The SMILES string of the molecule is CC(C)(C)c1ccc2c(c1)N(CC(=O)NC[C@H]1CCCO1)C(=O)CO2. The molecule has 1 N–H and O–H groups in total. The van der Waals surface area contributed by atoms with Crippen LogP contribution in [0.2, 0.25) is 0 Å². The van der Waals surface area contributed by atoms with Gasteiger partial charge in [0.05, 0.1) is 11.8 Å². The second kappa shape index (κ2) is 7.04. The number of hydrogen-bond acceptors (Lipinski definition) is 4. The number of ether oxygens (including phenoxy) is 2. The van der Waals surface area contributed by atoms with Crippen molar-refractivity contribution in [2.24, 2.45) is 0 Å². The van der Waals surface area contributed by atoms with Crippen LogP contribution in [0.1, 0.15) is 39.2 Å². The number of nitrogens with one attached hydrogen (secondary N) is 1. The first kappa shape index (κ1) is 17.7. The van der Waals surface area contributed by atoms with E-state index in [-0.39, 0.29) is 36.5 Å². The highest BCUT2D eigenvalue weighted by Crippen LogP contribution is 2.36. The molecule has 2 aliphatic rings. The first-order chi connectivity index (χ1) is 11.8. The molecule has 0 saturated carbocycles. The van der Waals surface area contributed by atoms with Crippen LogP contribution in [-0.4, -0.2) is 44.2 Å². The zero-order valence-corrected chi connectivity index (χ0v) is 15.1. The van der Waals surface area contributed by atoms with Crippen LogP contribution < -0.4 is 15.0 Å². The minimum Gasteiger partial charge on any atom is -0.482 e. The molecule has 1 aromatic carbocycles. The van der Waals surface area contributed by atoms with Crippen LogP contribution >= 0.6 is 0 Å². The molecule has 0 bridgehead atoms. The van der Waals surface area contributed by atoms with Crippen molar-refractivity contribution in [1.82, 2.24) is 5.32 Å². The monoisotopic (exact) mass is 346 g/mol. The zero-order chi connectivity index (χ0) is 18.0. The Bertz CT molecular complexity index is 660. The topological polar surface area (TPSA) is 67.9 Å². The summed E-state index contributed by atoms with van der Waals surface area (Å²) in [5.74, 6) is 0.253. The number of amides is 2. The molecule has 6 heteroatoms. The largest absolute Gasteiger partial charge is 0.482 e. The van der Waals surface area contributed by atoms with Crippen molar-refractivity contribution in [2.45, 2.75) is 45.1 Å². The summed E-state index contributed by atoms with van der Waals surface area (Å²) in [6.07, 6.45) is 2.09. The van der Waals surface area contributed by atoms with Crippen molar-refractivity contribution in [1.29, 1.82) is 0 Å². The highest BCUT2D eigenvalue weighted by atomic mass is 16.5. The van der Waals surface area contributed by atoms with Crippen LogP contribution in [-0.2, 0) is 19.7 Å². The lowest BCUT2D eigenvalue weighted by Crippen LogP contribution is -2.46. The maximum atomic E-state index is 12.3. The second-order valence-electron chi connectivity index (χ2n) is 7.64. The van der Waals surface area contributed by atoms with Gasteiger partial charge in [-0.25, -0.2) is 0 Å². The van der Waals surface area contributed by atoms with Gasteiger partial charge in [-0.2, -0.15) is 0 Å². The molecule has 25 heavy (non-hydrogen) atoms. The molecule has 1 saturated heterocycles. The van der Waals surface area contributed by atoms with Gasteiger partial charge in [0.15, 0.2) is 6.61 Å². The van der Waals surface area contributed by atoms with E-state index in [1.165, 1.54) is 4.90 Å². The van der Waals surface area contributed by atoms with Crippen molar-refractivity contribution in [3.63, 3.8) is 0 Å². The molecule has 2 heterocycles. The van der Waals surface area contributed by atoms with Gasteiger partial charge in [-0.1, -0.05) is 26.8 Å². The zero-order valence-electron chi connectivity index (χ0n) is 15.1. The molecular formula is C19H26N2O4. The number of hydrogen-bond donors (Lipinski definition) is 1. The Balaban J connectivity index is 1.72. The Morgan fingerprint density at radius 1 is 1.36 bits per heavy atom. The summed E-state index contributed by atoms with van der Waals surface area (Å²) >= 11 is 0. The van der Waals surface area contributed by atoms with Gasteiger partial charge in [-0.3, -0.25) is 14.5 Å². The van der Waals surface area contributed by atoms with E-state index in [0.29, 0.717) is 18.0 Å². The molecule has 0 spiro atoms. The third-order valence-electron chi connectivity index (χ3n) is 4.62. The van der Waals surface area contributed by atoms with Crippen LogP contribution in [0.4, 0.5) is 5.69 Å². The lowest BCUT2D eigenvalue weighted by Gasteiger charge is -2.31. The Kier molecular flexibility index (Phi) is 4.99. The molecular weight excluding hydrogens is 320 g/mol. The van der Waals surface area contributed by atoms with E-state index in [9.17, 15) is 9.59 Å².